The monoisotopic (exact) mass is 407 g/mol. The molecule has 0 radical (unpaired) electrons. The number of nitrogens with zero attached hydrogens (tertiary/aromatic N) is 1. The van der Waals surface area contributed by atoms with Crippen LogP contribution in [-0.2, 0) is 14.4 Å². The summed E-state index contributed by atoms with van der Waals surface area (Å²) in [5.41, 5.74) is 0. The molecule has 1 N–H and O–H groups in total. The van der Waals surface area contributed by atoms with Gasteiger partial charge in [0, 0.05) is 13.0 Å². The minimum Gasteiger partial charge on any atom is -0.548 e. The maximum Gasteiger partial charge on any atom is 1.00 e. The summed E-state index contributed by atoms with van der Waals surface area (Å²) in [5.74, 6) is -2.71. The molecule has 0 aliphatic heterocycles. The predicted octanol–water partition coefficient (Wildman–Crippen LogP) is 0.525. The quantitative estimate of drug-likeness (QED) is 0.249. The van der Waals surface area contributed by atoms with Crippen LogP contribution >= 0.6 is 0 Å². The third kappa shape index (κ3) is 20.2. The molecule has 0 saturated carbocycles. The molecule has 0 rings (SSSR count). The summed E-state index contributed by atoms with van der Waals surface area (Å²) in [6.45, 7) is 1.62. The summed E-state index contributed by atoms with van der Waals surface area (Å²) in [5, 5.41) is 19.4. The number of hydrogen-bond donors (Lipinski definition) is 1. The van der Waals surface area contributed by atoms with Crippen molar-refractivity contribution in [3.63, 3.8) is 0 Å². The number of carbonyl (C=O) groups is 3. The van der Waals surface area contributed by atoms with E-state index in [-0.39, 0.29) is 54.9 Å². The fourth-order valence-corrected chi connectivity index (χ4v) is 3.13. The molecule has 0 saturated heterocycles. The molecule has 7 heteroatoms. The zero-order valence-corrected chi connectivity index (χ0v) is 20.0. The van der Waals surface area contributed by atoms with E-state index in [4.69, 9.17) is 5.11 Å². The van der Waals surface area contributed by atoms with Gasteiger partial charge in [0.25, 0.3) is 0 Å². The van der Waals surface area contributed by atoms with Crippen molar-refractivity contribution < 1.29 is 54.2 Å². The van der Waals surface area contributed by atoms with E-state index in [9.17, 15) is 19.5 Å². The number of hydrogen-bond acceptors (Lipinski definition) is 4. The molecule has 28 heavy (non-hydrogen) atoms. The normalized spacial score (nSPS) is 10.3. The second kappa shape index (κ2) is 21.1. The van der Waals surface area contributed by atoms with Gasteiger partial charge < -0.3 is 19.9 Å². The van der Waals surface area contributed by atoms with Gasteiger partial charge in [0.2, 0.25) is 5.91 Å². The zero-order valence-electron chi connectivity index (χ0n) is 18.0. The average Bonchev–Trinajstić information content (AvgIpc) is 2.61. The molecule has 0 aromatic rings. The summed E-state index contributed by atoms with van der Waals surface area (Å²) in [4.78, 5) is 34.4. The number of rotatable bonds is 19. The van der Waals surface area contributed by atoms with Crippen molar-refractivity contribution in [1.82, 2.24) is 4.90 Å². The Hall–Kier alpha value is -0.590. The molecule has 0 aromatic heterocycles. The number of unbranched alkanes of at least 4 members (excludes halogenated alkanes) is 12. The molecule has 0 fully saturated rings. The van der Waals surface area contributed by atoms with Crippen LogP contribution in [0, 0.1) is 0 Å². The van der Waals surface area contributed by atoms with Gasteiger partial charge in [0.15, 0.2) is 0 Å². The second-order valence-electron chi connectivity index (χ2n) is 7.32. The van der Waals surface area contributed by atoms with Gasteiger partial charge in [0.05, 0.1) is 18.9 Å². The molecule has 0 heterocycles. The molecule has 0 unspecified atom stereocenters. The van der Waals surface area contributed by atoms with Crippen LogP contribution in [-0.4, -0.2) is 40.9 Å². The van der Waals surface area contributed by atoms with Gasteiger partial charge in [-0.3, -0.25) is 9.59 Å². The Bertz CT molecular complexity index is 418. The van der Waals surface area contributed by atoms with Crippen LogP contribution in [0.2, 0.25) is 0 Å². The fraction of sp³-hybridized carbons (Fsp3) is 0.857. The molecule has 0 atom stereocenters. The number of amides is 1. The van der Waals surface area contributed by atoms with E-state index in [1.54, 1.807) is 0 Å². The first-order valence-electron chi connectivity index (χ1n) is 10.7. The molecule has 0 bridgehead atoms. The van der Waals surface area contributed by atoms with Gasteiger partial charge in [-0.15, -0.1) is 0 Å². The molecule has 158 valence electrons. The van der Waals surface area contributed by atoms with Crippen LogP contribution in [0.3, 0.4) is 0 Å². The van der Waals surface area contributed by atoms with Crippen LogP contribution in [0.5, 0.6) is 0 Å². The van der Waals surface area contributed by atoms with Crippen LogP contribution in [0.15, 0.2) is 0 Å². The van der Waals surface area contributed by atoms with Crippen LogP contribution in [0.25, 0.3) is 0 Å². The number of aliphatic carboxylic acids is 2. The van der Waals surface area contributed by atoms with E-state index in [0.29, 0.717) is 6.42 Å². The van der Waals surface area contributed by atoms with Crippen molar-refractivity contribution in [2.45, 2.75) is 103 Å². The van der Waals surface area contributed by atoms with Gasteiger partial charge in [-0.1, -0.05) is 84.0 Å². The van der Waals surface area contributed by atoms with Gasteiger partial charge >= 0.3 is 35.5 Å². The summed E-state index contributed by atoms with van der Waals surface area (Å²) in [6, 6.07) is 0. The van der Waals surface area contributed by atoms with Crippen molar-refractivity contribution in [1.29, 1.82) is 0 Å². The van der Waals surface area contributed by atoms with Crippen LogP contribution < -0.4 is 34.7 Å². The van der Waals surface area contributed by atoms with Crippen LogP contribution in [0.1, 0.15) is 103 Å². The Morgan fingerprint density at radius 3 is 1.57 bits per heavy atom. The third-order valence-electron chi connectivity index (χ3n) is 4.76. The Kier molecular flexibility index (Phi) is 22.3. The smallest absolute Gasteiger partial charge is 0.548 e. The molecule has 6 nitrogen and oxygen atoms in total. The Morgan fingerprint density at radius 1 is 0.750 bits per heavy atom. The summed E-state index contributed by atoms with van der Waals surface area (Å²) < 4.78 is 0. The molecule has 0 spiro atoms. The van der Waals surface area contributed by atoms with E-state index < -0.39 is 18.5 Å². The van der Waals surface area contributed by atoms with Crippen molar-refractivity contribution in [3.05, 3.63) is 0 Å². The van der Waals surface area contributed by atoms with E-state index in [1.807, 2.05) is 0 Å². The summed E-state index contributed by atoms with van der Waals surface area (Å²) in [6.07, 6.45) is 15.8. The molecular weight excluding hydrogens is 369 g/mol. The third-order valence-corrected chi connectivity index (χ3v) is 4.76. The first kappa shape index (κ1) is 29.6. The van der Waals surface area contributed by atoms with Gasteiger partial charge in [-0.05, 0) is 6.42 Å². The fourth-order valence-electron chi connectivity index (χ4n) is 3.13. The predicted molar refractivity (Wildman–Crippen MR) is 104 cm³/mol. The molecule has 0 aliphatic carbocycles. The largest absolute Gasteiger partial charge is 1.00 e. The van der Waals surface area contributed by atoms with Crippen molar-refractivity contribution in [2.24, 2.45) is 0 Å². The maximum atomic E-state index is 12.0. The standard InChI is InChI=1S/C21H39NO5.Na/c1-2-3-4-5-6-7-8-9-10-11-12-13-14-15-19(23)22(18-21(26)27)17-16-20(24)25;/h2-18H2,1H3,(H,24,25)(H,26,27);/q;+1/p-1. The van der Waals surface area contributed by atoms with Gasteiger partial charge in [-0.25, -0.2) is 0 Å². The first-order valence-corrected chi connectivity index (χ1v) is 10.7. The van der Waals surface area contributed by atoms with E-state index >= 15 is 0 Å². The second-order valence-corrected chi connectivity index (χ2v) is 7.32. The maximum absolute atomic E-state index is 12.0. The van der Waals surface area contributed by atoms with Gasteiger partial charge in [-0.2, -0.15) is 0 Å². The van der Waals surface area contributed by atoms with Crippen molar-refractivity contribution in [2.75, 3.05) is 13.1 Å². The number of carboxylic acid groups (broad SMARTS) is 2. The van der Waals surface area contributed by atoms with Crippen LogP contribution in [0.4, 0.5) is 0 Å². The Morgan fingerprint density at radius 2 is 1.18 bits per heavy atom. The molecule has 0 aliphatic rings. The van der Waals surface area contributed by atoms with E-state index in [2.05, 4.69) is 6.92 Å². The van der Waals surface area contributed by atoms with Crippen molar-refractivity contribution in [3.8, 4) is 0 Å². The number of carboxylic acids is 2. The SMILES string of the molecule is CCCCCCCCCCCCCCCC(=O)N(CCC(=O)O)CC(=O)[O-].[Na+]. The minimum absolute atomic E-state index is 0. The Labute approximate surface area is 192 Å². The van der Waals surface area contributed by atoms with E-state index in [0.717, 1.165) is 17.7 Å². The van der Waals surface area contributed by atoms with Crippen molar-refractivity contribution >= 4 is 17.8 Å². The molecule has 0 aromatic carbocycles. The topological polar surface area (TPSA) is 97.7 Å². The average molecular weight is 408 g/mol. The zero-order chi connectivity index (χ0) is 20.3. The minimum atomic E-state index is -1.36. The van der Waals surface area contributed by atoms with Gasteiger partial charge in [0.1, 0.15) is 0 Å². The molecular formula is C21H38NNaO5. The molecule has 1 amide bonds. The summed E-state index contributed by atoms with van der Waals surface area (Å²) in [7, 11) is 0. The first-order chi connectivity index (χ1) is 13.0. The van der Waals surface area contributed by atoms with E-state index in [1.165, 1.54) is 64.2 Å². The number of carbonyl (C=O) groups excluding carboxylic acids is 2. The summed E-state index contributed by atoms with van der Waals surface area (Å²) >= 11 is 0. The Balaban J connectivity index is 0.